The molecule has 1 saturated heterocycles. The highest BCUT2D eigenvalue weighted by atomic mass is 16.3. The Morgan fingerprint density at radius 1 is 1.78 bits per heavy atom. The molecule has 0 aromatic rings. The van der Waals surface area contributed by atoms with Crippen LogP contribution in [0.5, 0.6) is 0 Å². The van der Waals surface area contributed by atoms with E-state index < -0.39 is 0 Å². The lowest BCUT2D eigenvalue weighted by molar-refractivity contribution is 0.251. The van der Waals surface area contributed by atoms with E-state index in [0.717, 1.165) is 6.42 Å². The van der Waals surface area contributed by atoms with Gasteiger partial charge in [0.15, 0.2) is 0 Å². The quantitative estimate of drug-likeness (QED) is 0.438. The summed E-state index contributed by atoms with van der Waals surface area (Å²) in [6, 6.07) is 0.231. The summed E-state index contributed by atoms with van der Waals surface area (Å²) >= 11 is 0. The topological polar surface area (TPSA) is 58.3 Å². The Morgan fingerprint density at radius 2 is 2.44 bits per heavy atom. The molecule has 1 heterocycles. The van der Waals surface area contributed by atoms with Crippen molar-refractivity contribution in [3.05, 3.63) is 0 Å². The van der Waals surface area contributed by atoms with Crippen molar-refractivity contribution >= 4 is 0 Å². The van der Waals surface area contributed by atoms with Gasteiger partial charge in [-0.25, -0.2) is 0 Å². The van der Waals surface area contributed by atoms with Gasteiger partial charge in [0.2, 0.25) is 0 Å². The first-order valence-corrected chi connectivity index (χ1v) is 3.36. The van der Waals surface area contributed by atoms with E-state index in [0.29, 0.717) is 5.92 Å². The van der Waals surface area contributed by atoms with Crippen LogP contribution in [0.1, 0.15) is 13.3 Å². The number of nitrogens with one attached hydrogen (secondary N) is 1. The molecule has 3 atom stereocenters. The van der Waals surface area contributed by atoms with E-state index in [2.05, 4.69) is 12.2 Å². The third-order valence-corrected chi connectivity index (χ3v) is 1.92. The zero-order chi connectivity index (χ0) is 6.85. The molecule has 0 amide bonds. The van der Waals surface area contributed by atoms with E-state index in [1.165, 1.54) is 0 Å². The van der Waals surface area contributed by atoms with Crippen LogP contribution in [0.3, 0.4) is 0 Å². The highest BCUT2D eigenvalue weighted by Gasteiger charge is 2.26. The van der Waals surface area contributed by atoms with Gasteiger partial charge in [0.25, 0.3) is 0 Å². The van der Waals surface area contributed by atoms with Gasteiger partial charge in [-0.05, 0) is 12.3 Å². The van der Waals surface area contributed by atoms with E-state index >= 15 is 0 Å². The summed E-state index contributed by atoms with van der Waals surface area (Å²) in [5, 5.41) is 11.8. The van der Waals surface area contributed by atoms with Crippen molar-refractivity contribution in [3.8, 4) is 0 Å². The summed E-state index contributed by atoms with van der Waals surface area (Å²) in [5.41, 5.74) is 5.62. The Hall–Kier alpha value is -0.120. The van der Waals surface area contributed by atoms with Crippen LogP contribution in [0.4, 0.5) is 0 Å². The maximum Gasteiger partial charge on any atom is 0.0585 e. The van der Waals surface area contributed by atoms with Crippen molar-refractivity contribution in [1.29, 1.82) is 0 Å². The number of aliphatic hydroxyl groups excluding tert-OH is 1. The van der Waals surface area contributed by atoms with Gasteiger partial charge in [-0.1, -0.05) is 6.92 Å². The minimum atomic E-state index is 0.0853. The van der Waals surface area contributed by atoms with Crippen LogP contribution in [0.15, 0.2) is 0 Å². The van der Waals surface area contributed by atoms with Crippen molar-refractivity contribution in [2.75, 3.05) is 6.61 Å². The second kappa shape index (κ2) is 2.64. The molecule has 0 aromatic carbocycles. The van der Waals surface area contributed by atoms with Gasteiger partial charge in [0.1, 0.15) is 0 Å². The van der Waals surface area contributed by atoms with Gasteiger partial charge < -0.3 is 10.8 Å². The molecule has 0 radical (unpaired) electrons. The Labute approximate surface area is 55.2 Å². The Balaban J connectivity index is 2.35. The lowest BCUT2D eigenvalue weighted by Gasteiger charge is -2.07. The van der Waals surface area contributed by atoms with Crippen molar-refractivity contribution in [1.82, 2.24) is 5.32 Å². The molecule has 0 bridgehead atoms. The first-order chi connectivity index (χ1) is 4.24. The van der Waals surface area contributed by atoms with Gasteiger partial charge in [-0.15, -0.1) is 0 Å². The van der Waals surface area contributed by atoms with E-state index in [4.69, 9.17) is 10.8 Å². The summed E-state index contributed by atoms with van der Waals surface area (Å²) in [5.74, 6) is 0.502. The number of rotatable bonds is 1. The molecule has 1 rings (SSSR count). The molecular weight excluding hydrogens is 116 g/mol. The third kappa shape index (κ3) is 1.41. The van der Waals surface area contributed by atoms with Crippen LogP contribution in [-0.2, 0) is 0 Å². The predicted molar refractivity (Wildman–Crippen MR) is 35.8 cm³/mol. The molecule has 1 aliphatic heterocycles. The van der Waals surface area contributed by atoms with Gasteiger partial charge in [-0.3, -0.25) is 5.32 Å². The van der Waals surface area contributed by atoms with Gasteiger partial charge in [0.05, 0.1) is 12.8 Å². The predicted octanol–water partition coefficient (Wildman–Crippen LogP) is -0.738. The smallest absolute Gasteiger partial charge is 0.0585 e. The highest BCUT2D eigenvalue weighted by molar-refractivity contribution is 4.84. The third-order valence-electron chi connectivity index (χ3n) is 1.92. The van der Waals surface area contributed by atoms with Crippen molar-refractivity contribution < 1.29 is 5.11 Å². The molecule has 1 fully saturated rings. The lowest BCUT2D eigenvalue weighted by atomic mass is 10.1. The minimum Gasteiger partial charge on any atom is -0.395 e. The monoisotopic (exact) mass is 130 g/mol. The number of hydrogen-bond acceptors (Lipinski definition) is 3. The molecule has 4 N–H and O–H groups in total. The molecule has 3 unspecified atom stereocenters. The largest absolute Gasteiger partial charge is 0.395 e. The number of hydrogen-bond donors (Lipinski definition) is 3. The van der Waals surface area contributed by atoms with Gasteiger partial charge in [0, 0.05) is 6.04 Å². The fourth-order valence-corrected chi connectivity index (χ4v) is 1.23. The van der Waals surface area contributed by atoms with Crippen molar-refractivity contribution in [2.24, 2.45) is 11.7 Å². The minimum absolute atomic E-state index is 0.0853. The molecule has 0 aromatic heterocycles. The van der Waals surface area contributed by atoms with Crippen LogP contribution >= 0.6 is 0 Å². The van der Waals surface area contributed by atoms with Crippen molar-refractivity contribution in [2.45, 2.75) is 25.6 Å². The molecular formula is C6H14N2O. The van der Waals surface area contributed by atoms with E-state index in [1.54, 1.807) is 0 Å². The zero-order valence-electron chi connectivity index (χ0n) is 5.67. The normalized spacial score (nSPS) is 43.7. The standard InChI is InChI=1S/C6H14N2O/c1-4-2-5(3-9)8-6(4)7/h4-6,8-9H,2-3,7H2,1H3. The van der Waals surface area contributed by atoms with Crippen LogP contribution in [-0.4, -0.2) is 23.9 Å². The van der Waals surface area contributed by atoms with Gasteiger partial charge in [-0.2, -0.15) is 0 Å². The lowest BCUT2D eigenvalue weighted by Crippen LogP contribution is -2.39. The average molecular weight is 130 g/mol. The molecule has 54 valence electrons. The molecule has 0 saturated carbocycles. The van der Waals surface area contributed by atoms with Gasteiger partial charge >= 0.3 is 0 Å². The van der Waals surface area contributed by atoms with Crippen molar-refractivity contribution in [3.63, 3.8) is 0 Å². The molecule has 3 heteroatoms. The molecule has 1 aliphatic rings. The second-order valence-corrected chi connectivity index (χ2v) is 2.78. The maximum absolute atomic E-state index is 8.68. The second-order valence-electron chi connectivity index (χ2n) is 2.78. The number of nitrogens with two attached hydrogens (primary N) is 1. The zero-order valence-corrected chi connectivity index (χ0v) is 5.67. The first-order valence-electron chi connectivity index (χ1n) is 3.36. The fourth-order valence-electron chi connectivity index (χ4n) is 1.23. The van der Waals surface area contributed by atoms with E-state index in [9.17, 15) is 0 Å². The average Bonchev–Trinajstić information content (AvgIpc) is 2.13. The fraction of sp³-hybridized carbons (Fsp3) is 1.00. The van der Waals surface area contributed by atoms with E-state index in [1.807, 2.05) is 0 Å². The maximum atomic E-state index is 8.68. The first kappa shape index (κ1) is 6.99. The van der Waals surface area contributed by atoms with Crippen LogP contribution in [0.25, 0.3) is 0 Å². The summed E-state index contributed by atoms with van der Waals surface area (Å²) < 4.78 is 0. The van der Waals surface area contributed by atoms with Crippen LogP contribution < -0.4 is 11.1 Å². The van der Waals surface area contributed by atoms with Crippen LogP contribution in [0.2, 0.25) is 0 Å². The Kier molecular flexibility index (Phi) is 2.05. The highest BCUT2D eigenvalue weighted by Crippen LogP contribution is 2.15. The molecule has 0 spiro atoms. The summed E-state index contributed by atoms with van der Waals surface area (Å²) in [4.78, 5) is 0. The van der Waals surface area contributed by atoms with E-state index in [-0.39, 0.29) is 18.8 Å². The number of aliphatic hydroxyl groups is 1. The SMILES string of the molecule is CC1CC(CO)NC1N. The molecule has 9 heavy (non-hydrogen) atoms. The summed E-state index contributed by atoms with van der Waals surface area (Å²) in [7, 11) is 0. The Morgan fingerprint density at radius 3 is 2.67 bits per heavy atom. The van der Waals surface area contributed by atoms with Crippen LogP contribution in [0, 0.1) is 5.92 Å². The summed E-state index contributed by atoms with van der Waals surface area (Å²) in [6.07, 6.45) is 1.08. The Bertz CT molecular complexity index is 87.1. The molecule has 3 nitrogen and oxygen atoms in total. The summed E-state index contributed by atoms with van der Waals surface area (Å²) in [6.45, 7) is 2.30. The molecule has 0 aliphatic carbocycles.